The largest absolute Gasteiger partial charge is 0.464 e. The van der Waals surface area contributed by atoms with Crippen molar-refractivity contribution in [3.8, 4) is 0 Å². The van der Waals surface area contributed by atoms with Gasteiger partial charge in [-0.1, -0.05) is 61.2 Å². The Balaban J connectivity index is 1.73. The fourth-order valence-corrected chi connectivity index (χ4v) is 3.87. The van der Waals surface area contributed by atoms with Gasteiger partial charge in [0.1, 0.15) is 11.5 Å². The second-order valence-electron chi connectivity index (χ2n) is 7.72. The number of hydrogen-bond donors (Lipinski definition) is 0. The van der Waals surface area contributed by atoms with Crippen LogP contribution in [0.4, 0.5) is 5.69 Å². The van der Waals surface area contributed by atoms with E-state index in [0.717, 1.165) is 51.8 Å². The van der Waals surface area contributed by atoms with Gasteiger partial charge in [-0.15, -0.1) is 0 Å². The van der Waals surface area contributed by atoms with Gasteiger partial charge in [-0.05, 0) is 66.2 Å². The SMILES string of the molecule is C=c1ccc(=C(C=CC=C(c2ccc(N(CC)CC)cc2)c2ccco2)c2ccco2)cc1. The third kappa shape index (κ3) is 5.27. The fourth-order valence-electron chi connectivity index (χ4n) is 3.87. The standard InChI is InChI=1S/C30H29NO2/c1-4-31(5-2)26-19-17-25(18-20-26)28(30-12-8-22-33-30)10-6-9-27(29-11-7-21-32-29)24-15-13-23(3)14-16-24/h6-22H,3-5H2,1-2H3. The van der Waals surface area contributed by atoms with Gasteiger partial charge in [0.25, 0.3) is 0 Å². The molecule has 4 aromatic rings. The van der Waals surface area contributed by atoms with E-state index in [1.807, 2.05) is 42.5 Å². The summed E-state index contributed by atoms with van der Waals surface area (Å²) in [6.07, 6.45) is 9.61. The highest BCUT2D eigenvalue weighted by Gasteiger charge is 2.09. The Hall–Kier alpha value is -3.98. The first-order chi connectivity index (χ1) is 16.2. The molecule has 0 atom stereocenters. The van der Waals surface area contributed by atoms with Crippen molar-refractivity contribution in [3.63, 3.8) is 0 Å². The molecule has 2 aromatic carbocycles. The Morgan fingerprint density at radius 1 is 0.818 bits per heavy atom. The minimum absolute atomic E-state index is 0.819. The third-order valence-electron chi connectivity index (χ3n) is 5.67. The lowest BCUT2D eigenvalue weighted by Gasteiger charge is -2.21. The Morgan fingerprint density at radius 3 is 2.03 bits per heavy atom. The average molecular weight is 436 g/mol. The molecular formula is C30H29NO2. The summed E-state index contributed by atoms with van der Waals surface area (Å²) in [5.41, 5.74) is 4.35. The van der Waals surface area contributed by atoms with E-state index in [1.54, 1.807) is 12.5 Å². The second-order valence-corrected chi connectivity index (χ2v) is 7.72. The van der Waals surface area contributed by atoms with E-state index in [0.29, 0.717) is 0 Å². The summed E-state index contributed by atoms with van der Waals surface area (Å²) in [6, 6.07) is 24.6. The van der Waals surface area contributed by atoms with Crippen molar-refractivity contribution in [1.29, 1.82) is 0 Å². The van der Waals surface area contributed by atoms with Crippen molar-refractivity contribution >= 4 is 23.4 Å². The van der Waals surface area contributed by atoms with Crippen molar-refractivity contribution in [2.45, 2.75) is 13.8 Å². The molecule has 0 fully saturated rings. The van der Waals surface area contributed by atoms with Gasteiger partial charge in [-0.2, -0.15) is 0 Å². The molecule has 33 heavy (non-hydrogen) atoms. The lowest BCUT2D eigenvalue weighted by atomic mass is 10.0. The van der Waals surface area contributed by atoms with Gasteiger partial charge in [0.2, 0.25) is 0 Å². The van der Waals surface area contributed by atoms with E-state index >= 15 is 0 Å². The van der Waals surface area contributed by atoms with Crippen LogP contribution < -0.4 is 15.3 Å². The third-order valence-corrected chi connectivity index (χ3v) is 5.67. The van der Waals surface area contributed by atoms with Gasteiger partial charge in [-0.25, -0.2) is 0 Å². The highest BCUT2D eigenvalue weighted by molar-refractivity contribution is 5.80. The molecule has 0 aliphatic heterocycles. The van der Waals surface area contributed by atoms with Gasteiger partial charge in [-0.3, -0.25) is 0 Å². The molecule has 4 rings (SSSR count). The Kier molecular flexibility index (Phi) is 7.11. The summed E-state index contributed by atoms with van der Waals surface area (Å²) >= 11 is 0. The molecule has 0 saturated carbocycles. The number of nitrogens with zero attached hydrogens (tertiary/aromatic N) is 1. The van der Waals surface area contributed by atoms with E-state index in [2.05, 4.69) is 73.9 Å². The quantitative estimate of drug-likeness (QED) is 0.317. The Bertz CT molecular complexity index is 1300. The zero-order chi connectivity index (χ0) is 23.0. The number of hydrogen-bond acceptors (Lipinski definition) is 3. The maximum atomic E-state index is 5.75. The predicted octanol–water partition coefficient (Wildman–Crippen LogP) is 6.02. The van der Waals surface area contributed by atoms with Gasteiger partial charge >= 0.3 is 0 Å². The molecular weight excluding hydrogens is 406 g/mol. The van der Waals surface area contributed by atoms with Crippen LogP contribution in [0.1, 0.15) is 30.9 Å². The first-order valence-electron chi connectivity index (χ1n) is 11.3. The fraction of sp³-hybridized carbons (Fsp3) is 0.133. The lowest BCUT2D eigenvalue weighted by molar-refractivity contribution is 0.553. The molecule has 0 spiro atoms. The van der Waals surface area contributed by atoms with Crippen molar-refractivity contribution in [2.24, 2.45) is 0 Å². The van der Waals surface area contributed by atoms with Crippen LogP contribution in [-0.4, -0.2) is 13.1 Å². The zero-order valence-corrected chi connectivity index (χ0v) is 19.2. The van der Waals surface area contributed by atoms with Crippen LogP contribution in [0.3, 0.4) is 0 Å². The molecule has 0 N–H and O–H groups in total. The minimum Gasteiger partial charge on any atom is -0.464 e. The molecule has 3 nitrogen and oxygen atoms in total. The summed E-state index contributed by atoms with van der Waals surface area (Å²) in [5.74, 6) is 1.65. The van der Waals surface area contributed by atoms with Gasteiger partial charge in [0.15, 0.2) is 0 Å². The first kappa shape index (κ1) is 22.2. The zero-order valence-electron chi connectivity index (χ0n) is 19.2. The van der Waals surface area contributed by atoms with Gasteiger partial charge in [0, 0.05) is 29.9 Å². The van der Waals surface area contributed by atoms with E-state index in [9.17, 15) is 0 Å². The number of furan rings is 2. The molecule has 0 bridgehead atoms. The van der Waals surface area contributed by atoms with Crippen LogP contribution in [-0.2, 0) is 0 Å². The van der Waals surface area contributed by atoms with Crippen molar-refractivity contribution in [2.75, 3.05) is 18.0 Å². The van der Waals surface area contributed by atoms with Crippen LogP contribution >= 0.6 is 0 Å². The molecule has 2 aromatic heterocycles. The highest BCUT2D eigenvalue weighted by Crippen LogP contribution is 2.26. The summed E-state index contributed by atoms with van der Waals surface area (Å²) in [4.78, 5) is 2.33. The van der Waals surface area contributed by atoms with Crippen molar-refractivity contribution in [1.82, 2.24) is 0 Å². The highest BCUT2D eigenvalue weighted by atomic mass is 16.3. The maximum absolute atomic E-state index is 5.75. The summed E-state index contributed by atoms with van der Waals surface area (Å²) < 4.78 is 11.5. The Morgan fingerprint density at radius 2 is 1.45 bits per heavy atom. The summed E-state index contributed by atoms with van der Waals surface area (Å²) in [6.45, 7) is 10.3. The minimum atomic E-state index is 0.819. The van der Waals surface area contributed by atoms with E-state index in [1.165, 1.54) is 5.69 Å². The number of benzene rings is 2. The predicted molar refractivity (Wildman–Crippen MR) is 137 cm³/mol. The van der Waals surface area contributed by atoms with Crippen LogP contribution in [0.25, 0.3) is 17.7 Å². The number of allylic oxidation sites excluding steroid dienone is 3. The van der Waals surface area contributed by atoms with Crippen LogP contribution in [0.15, 0.2) is 112 Å². The van der Waals surface area contributed by atoms with Crippen molar-refractivity contribution < 1.29 is 8.83 Å². The van der Waals surface area contributed by atoms with Crippen LogP contribution in [0.2, 0.25) is 0 Å². The smallest absolute Gasteiger partial charge is 0.134 e. The van der Waals surface area contributed by atoms with Crippen molar-refractivity contribution in [3.05, 3.63) is 131 Å². The topological polar surface area (TPSA) is 29.5 Å². The normalized spacial score (nSPS) is 11.8. The van der Waals surface area contributed by atoms with E-state index in [4.69, 9.17) is 8.83 Å². The number of rotatable bonds is 8. The second kappa shape index (κ2) is 10.6. The Labute approximate surface area is 195 Å². The van der Waals surface area contributed by atoms with E-state index < -0.39 is 0 Å². The first-order valence-corrected chi connectivity index (χ1v) is 11.3. The van der Waals surface area contributed by atoms with Gasteiger partial charge in [0.05, 0.1) is 12.5 Å². The molecule has 0 aliphatic carbocycles. The van der Waals surface area contributed by atoms with Crippen LogP contribution in [0, 0.1) is 0 Å². The molecule has 3 heteroatoms. The van der Waals surface area contributed by atoms with E-state index in [-0.39, 0.29) is 0 Å². The molecule has 0 radical (unpaired) electrons. The summed E-state index contributed by atoms with van der Waals surface area (Å²) in [7, 11) is 0. The molecule has 0 saturated heterocycles. The van der Waals surface area contributed by atoms with Crippen LogP contribution in [0.5, 0.6) is 0 Å². The maximum Gasteiger partial charge on any atom is 0.134 e. The average Bonchev–Trinajstić information content (AvgIpc) is 3.56. The lowest BCUT2D eigenvalue weighted by Crippen LogP contribution is -2.21. The molecule has 0 amide bonds. The molecule has 166 valence electrons. The number of anilines is 1. The molecule has 0 aliphatic rings. The van der Waals surface area contributed by atoms with Gasteiger partial charge < -0.3 is 13.7 Å². The monoisotopic (exact) mass is 435 g/mol. The molecule has 0 unspecified atom stereocenters. The summed E-state index contributed by atoms with van der Waals surface area (Å²) in [5, 5.41) is 2.06. The molecule has 2 heterocycles.